The fraction of sp³-hybridized carbons (Fsp3) is 0.294. The van der Waals surface area contributed by atoms with E-state index < -0.39 is 0 Å². The Morgan fingerprint density at radius 1 is 1.14 bits per heavy atom. The highest BCUT2D eigenvalue weighted by Gasteiger charge is 2.26. The average Bonchev–Trinajstić information content (AvgIpc) is 2.84. The quantitative estimate of drug-likeness (QED) is 0.842. The van der Waals surface area contributed by atoms with E-state index in [0.29, 0.717) is 21.2 Å². The molecule has 3 nitrogen and oxygen atoms in total. The van der Waals surface area contributed by atoms with E-state index in [2.05, 4.69) is 5.32 Å². The van der Waals surface area contributed by atoms with Gasteiger partial charge in [-0.15, -0.1) is 11.3 Å². The van der Waals surface area contributed by atoms with E-state index in [1.807, 2.05) is 0 Å². The molecule has 0 saturated heterocycles. The van der Waals surface area contributed by atoms with E-state index in [9.17, 15) is 9.59 Å². The average molecular weight is 334 g/mol. The summed E-state index contributed by atoms with van der Waals surface area (Å²) in [5, 5.41) is 4.11. The highest BCUT2D eigenvalue weighted by Crippen LogP contribution is 2.39. The van der Waals surface area contributed by atoms with Gasteiger partial charge < -0.3 is 5.32 Å². The molecule has 1 aliphatic carbocycles. The van der Waals surface area contributed by atoms with Gasteiger partial charge in [0.25, 0.3) is 0 Å². The van der Waals surface area contributed by atoms with Gasteiger partial charge in [0.2, 0.25) is 5.91 Å². The second kappa shape index (κ2) is 6.23. The summed E-state index contributed by atoms with van der Waals surface area (Å²) in [5.74, 6) is -0.191. The predicted octanol–water partition coefficient (Wildman–Crippen LogP) is 4.47. The van der Waals surface area contributed by atoms with Crippen molar-refractivity contribution in [3.05, 3.63) is 50.9 Å². The van der Waals surface area contributed by atoms with E-state index in [4.69, 9.17) is 11.6 Å². The molecule has 1 aliphatic rings. The minimum Gasteiger partial charge on any atom is -0.317 e. The number of aryl methyl sites for hydroxylation is 1. The van der Waals surface area contributed by atoms with Gasteiger partial charge in [0.15, 0.2) is 5.78 Å². The zero-order chi connectivity index (χ0) is 15.7. The van der Waals surface area contributed by atoms with Crippen LogP contribution in [0.5, 0.6) is 0 Å². The summed E-state index contributed by atoms with van der Waals surface area (Å²) in [6, 6.07) is 6.89. The maximum Gasteiger partial charge on any atom is 0.221 e. The van der Waals surface area contributed by atoms with Crippen LogP contribution in [0.2, 0.25) is 5.02 Å². The van der Waals surface area contributed by atoms with Crippen molar-refractivity contribution in [1.29, 1.82) is 0 Å². The number of ketones is 1. The van der Waals surface area contributed by atoms with Gasteiger partial charge in [-0.2, -0.15) is 0 Å². The normalized spacial score (nSPS) is 13.5. The molecule has 0 unspecified atom stereocenters. The summed E-state index contributed by atoms with van der Waals surface area (Å²) in [6.07, 6.45) is 4.12. The number of halogens is 1. The van der Waals surface area contributed by atoms with E-state index >= 15 is 0 Å². The van der Waals surface area contributed by atoms with E-state index in [1.54, 1.807) is 24.3 Å². The fourth-order valence-corrected chi connectivity index (χ4v) is 4.26. The Bertz CT molecular complexity index is 734. The van der Waals surface area contributed by atoms with E-state index in [-0.39, 0.29) is 11.7 Å². The van der Waals surface area contributed by atoms with Gasteiger partial charge >= 0.3 is 0 Å². The summed E-state index contributed by atoms with van der Waals surface area (Å²) in [7, 11) is 0. The number of anilines is 1. The number of nitrogens with one attached hydrogen (secondary N) is 1. The zero-order valence-electron chi connectivity index (χ0n) is 12.2. The molecule has 0 bridgehead atoms. The third-order valence-corrected chi connectivity index (χ3v) is 5.25. The Kier molecular flexibility index (Phi) is 4.32. The predicted molar refractivity (Wildman–Crippen MR) is 90.1 cm³/mol. The van der Waals surface area contributed by atoms with Crippen molar-refractivity contribution in [3.8, 4) is 0 Å². The summed E-state index contributed by atoms with van der Waals surface area (Å²) >= 11 is 7.43. The summed E-state index contributed by atoms with van der Waals surface area (Å²) < 4.78 is 0. The Morgan fingerprint density at radius 3 is 2.50 bits per heavy atom. The van der Waals surface area contributed by atoms with Gasteiger partial charge in [-0.1, -0.05) is 11.6 Å². The van der Waals surface area contributed by atoms with Crippen LogP contribution in [0.1, 0.15) is 46.1 Å². The van der Waals surface area contributed by atoms with Gasteiger partial charge in [-0.05, 0) is 55.5 Å². The number of rotatable bonds is 3. The summed E-state index contributed by atoms with van der Waals surface area (Å²) in [6.45, 7) is 1.47. The highest BCUT2D eigenvalue weighted by molar-refractivity contribution is 7.17. The zero-order valence-corrected chi connectivity index (χ0v) is 13.8. The van der Waals surface area contributed by atoms with Gasteiger partial charge in [-0.25, -0.2) is 0 Å². The minimum atomic E-state index is -0.149. The third kappa shape index (κ3) is 2.94. The molecule has 22 heavy (non-hydrogen) atoms. The van der Waals surface area contributed by atoms with E-state index in [0.717, 1.165) is 31.2 Å². The SMILES string of the molecule is CC(=O)Nc1sc2c(c1C(=O)c1ccc(Cl)cc1)CCCC2. The van der Waals surface area contributed by atoms with Crippen molar-refractivity contribution < 1.29 is 9.59 Å². The van der Waals surface area contributed by atoms with Crippen LogP contribution in [0, 0.1) is 0 Å². The molecule has 1 aromatic heterocycles. The number of thiophene rings is 1. The lowest BCUT2D eigenvalue weighted by Gasteiger charge is -2.12. The van der Waals surface area contributed by atoms with Gasteiger partial charge in [0.1, 0.15) is 5.00 Å². The Morgan fingerprint density at radius 2 is 1.82 bits per heavy atom. The molecule has 1 N–H and O–H groups in total. The first-order valence-electron chi connectivity index (χ1n) is 7.28. The smallest absolute Gasteiger partial charge is 0.221 e. The van der Waals surface area contributed by atoms with Crippen LogP contribution < -0.4 is 5.32 Å². The van der Waals surface area contributed by atoms with Gasteiger partial charge in [0, 0.05) is 22.4 Å². The van der Waals surface area contributed by atoms with Crippen molar-refractivity contribution in [2.45, 2.75) is 32.6 Å². The second-order valence-corrected chi connectivity index (χ2v) is 6.97. The number of carbonyl (C=O) groups excluding carboxylic acids is 2. The number of hydrogen-bond donors (Lipinski definition) is 1. The van der Waals surface area contributed by atoms with Crippen molar-refractivity contribution in [2.24, 2.45) is 0 Å². The van der Waals surface area contributed by atoms with E-state index in [1.165, 1.54) is 23.1 Å². The molecule has 0 fully saturated rings. The molecule has 3 rings (SSSR count). The fourth-order valence-electron chi connectivity index (χ4n) is 2.80. The summed E-state index contributed by atoms with van der Waals surface area (Å²) in [5.41, 5.74) is 2.37. The van der Waals surface area contributed by atoms with Gasteiger partial charge in [-0.3, -0.25) is 9.59 Å². The molecule has 1 amide bonds. The van der Waals surface area contributed by atoms with Crippen LogP contribution in [0.3, 0.4) is 0 Å². The van der Waals surface area contributed by atoms with Crippen molar-refractivity contribution in [3.63, 3.8) is 0 Å². The van der Waals surface area contributed by atoms with Crippen LogP contribution in [-0.4, -0.2) is 11.7 Å². The minimum absolute atomic E-state index is 0.0418. The molecule has 1 heterocycles. The largest absolute Gasteiger partial charge is 0.317 e. The molecule has 1 aromatic carbocycles. The van der Waals surface area contributed by atoms with Crippen molar-refractivity contribution in [2.75, 3.05) is 5.32 Å². The lowest BCUT2D eigenvalue weighted by molar-refractivity contribution is -0.114. The Labute approximate surface area is 138 Å². The number of hydrogen-bond acceptors (Lipinski definition) is 3. The Hall–Kier alpha value is -1.65. The number of carbonyl (C=O) groups is 2. The molecule has 0 spiro atoms. The molecule has 114 valence electrons. The first kappa shape index (κ1) is 15.3. The van der Waals surface area contributed by atoms with Crippen LogP contribution in [0.4, 0.5) is 5.00 Å². The third-order valence-electron chi connectivity index (χ3n) is 3.79. The Balaban J connectivity index is 2.07. The molecular formula is C17H16ClNO2S. The number of fused-ring (bicyclic) bond motifs is 1. The number of amides is 1. The summed E-state index contributed by atoms with van der Waals surface area (Å²) in [4.78, 5) is 25.6. The topological polar surface area (TPSA) is 46.2 Å². The molecule has 0 saturated carbocycles. The second-order valence-electron chi connectivity index (χ2n) is 5.43. The standard InChI is InChI=1S/C17H16ClNO2S/c1-10(20)19-17-15(13-4-2-3-5-14(13)22-17)16(21)11-6-8-12(18)9-7-11/h6-9H,2-5H2,1H3,(H,19,20). The lowest BCUT2D eigenvalue weighted by Crippen LogP contribution is -2.12. The molecule has 0 radical (unpaired) electrons. The van der Waals surface area contributed by atoms with Gasteiger partial charge in [0.05, 0.1) is 5.56 Å². The molecule has 0 aliphatic heterocycles. The molecular weight excluding hydrogens is 318 g/mol. The van der Waals surface area contributed by atoms with Crippen LogP contribution in [-0.2, 0) is 17.6 Å². The molecule has 2 aromatic rings. The monoisotopic (exact) mass is 333 g/mol. The number of benzene rings is 1. The van der Waals surface area contributed by atoms with Crippen LogP contribution in [0.25, 0.3) is 0 Å². The van der Waals surface area contributed by atoms with Crippen molar-refractivity contribution in [1.82, 2.24) is 0 Å². The first-order valence-corrected chi connectivity index (χ1v) is 8.48. The van der Waals surface area contributed by atoms with Crippen molar-refractivity contribution >= 4 is 39.6 Å². The lowest BCUT2D eigenvalue weighted by atomic mass is 9.92. The maximum absolute atomic E-state index is 12.9. The molecule has 5 heteroatoms. The highest BCUT2D eigenvalue weighted by atomic mass is 35.5. The van der Waals surface area contributed by atoms with Crippen LogP contribution >= 0.6 is 22.9 Å². The molecule has 0 atom stereocenters. The maximum atomic E-state index is 12.9. The first-order chi connectivity index (χ1) is 10.6. The van der Waals surface area contributed by atoms with Crippen LogP contribution in [0.15, 0.2) is 24.3 Å².